The second-order valence-electron chi connectivity index (χ2n) is 11.4. The lowest BCUT2D eigenvalue weighted by atomic mass is 9.98. The Morgan fingerprint density at radius 3 is 2.46 bits per heavy atom. The second kappa shape index (κ2) is 10.6. The van der Waals surface area contributed by atoms with Crippen LogP contribution in [0.1, 0.15) is 69.8 Å². The molecule has 0 N–H and O–H groups in total. The Kier molecular flexibility index (Phi) is 7.09. The van der Waals surface area contributed by atoms with Crippen molar-refractivity contribution in [1.29, 1.82) is 0 Å². The van der Waals surface area contributed by atoms with Gasteiger partial charge in [0.25, 0.3) is 17.4 Å². The molecule has 2 aliphatic rings. The fourth-order valence-electron chi connectivity index (χ4n) is 5.73. The molecule has 0 spiro atoms. The quantitative estimate of drug-likeness (QED) is 0.299. The number of hydrogen-bond donors (Lipinski definition) is 0. The second-order valence-corrected chi connectivity index (χ2v) is 12.3. The predicted molar refractivity (Wildman–Crippen MR) is 162 cm³/mol. The topological polar surface area (TPSA) is 79.9 Å². The number of amides is 2. The van der Waals surface area contributed by atoms with Gasteiger partial charge in [0.05, 0.1) is 24.1 Å². The Bertz CT molecular complexity index is 1740. The van der Waals surface area contributed by atoms with Gasteiger partial charge in [-0.25, -0.2) is 4.52 Å². The van der Waals surface area contributed by atoms with E-state index in [-0.39, 0.29) is 23.4 Å². The van der Waals surface area contributed by atoms with Crippen molar-refractivity contribution < 1.29 is 9.59 Å². The first-order chi connectivity index (χ1) is 19.7. The van der Waals surface area contributed by atoms with Crippen LogP contribution in [0.3, 0.4) is 0 Å². The van der Waals surface area contributed by atoms with Crippen LogP contribution in [-0.2, 0) is 19.4 Å². The van der Waals surface area contributed by atoms with Gasteiger partial charge in [-0.1, -0.05) is 15.9 Å². The molecule has 8 nitrogen and oxygen atoms in total. The molecule has 1 saturated carbocycles. The molecule has 2 amide bonds. The first-order valence-corrected chi connectivity index (χ1v) is 15.0. The zero-order valence-electron chi connectivity index (χ0n) is 23.9. The fourth-order valence-corrected chi connectivity index (χ4v) is 5.98. The molecule has 4 aromatic rings. The van der Waals surface area contributed by atoms with Crippen LogP contribution < -0.4 is 5.56 Å². The monoisotopic (exact) mass is 615 g/mol. The summed E-state index contributed by atoms with van der Waals surface area (Å²) in [6, 6.07) is 12.7. The molecule has 0 saturated heterocycles. The lowest BCUT2D eigenvalue weighted by molar-refractivity contribution is 0.0650. The highest BCUT2D eigenvalue weighted by Crippen LogP contribution is 2.35. The largest absolute Gasteiger partial charge is 0.342 e. The summed E-state index contributed by atoms with van der Waals surface area (Å²) < 4.78 is 4.59. The average Bonchev–Trinajstić information content (AvgIpc) is 3.71. The summed E-state index contributed by atoms with van der Waals surface area (Å²) in [6.45, 7) is 6.82. The minimum Gasteiger partial charge on any atom is -0.342 e. The van der Waals surface area contributed by atoms with Gasteiger partial charge in [-0.15, -0.1) is 0 Å². The van der Waals surface area contributed by atoms with E-state index in [2.05, 4.69) is 15.9 Å². The summed E-state index contributed by atoms with van der Waals surface area (Å²) in [6.07, 6.45) is 5.53. The Morgan fingerprint density at radius 1 is 1.10 bits per heavy atom. The molecule has 2 aromatic heterocycles. The van der Waals surface area contributed by atoms with Crippen molar-refractivity contribution in [3.8, 4) is 5.69 Å². The van der Waals surface area contributed by atoms with E-state index < -0.39 is 0 Å². The van der Waals surface area contributed by atoms with E-state index in [9.17, 15) is 14.4 Å². The zero-order chi connectivity index (χ0) is 29.0. The van der Waals surface area contributed by atoms with Crippen LogP contribution >= 0.6 is 15.9 Å². The molecule has 1 aliphatic carbocycles. The maximum Gasteiger partial charge on any atom is 0.261 e. The molecule has 0 radical (unpaired) electrons. The minimum atomic E-state index is -0.163. The Labute approximate surface area is 247 Å². The van der Waals surface area contributed by atoms with E-state index in [0.717, 1.165) is 33.4 Å². The van der Waals surface area contributed by atoms with E-state index in [1.165, 1.54) is 12.8 Å². The molecule has 6 rings (SSSR count). The molecular formula is C32H34BrN5O3. The Morgan fingerprint density at radius 2 is 1.80 bits per heavy atom. The number of carbonyl (C=O) groups excluding carboxylic acids is 2. The van der Waals surface area contributed by atoms with Gasteiger partial charge in [-0.2, -0.15) is 5.10 Å². The fraction of sp³-hybridized carbons (Fsp3) is 0.375. The van der Waals surface area contributed by atoms with Crippen molar-refractivity contribution in [2.45, 2.75) is 59.0 Å². The molecule has 1 fully saturated rings. The van der Waals surface area contributed by atoms with E-state index in [0.29, 0.717) is 47.8 Å². The van der Waals surface area contributed by atoms with Crippen LogP contribution in [0.25, 0.3) is 11.3 Å². The van der Waals surface area contributed by atoms with E-state index >= 15 is 0 Å². The maximum absolute atomic E-state index is 14.3. The highest BCUT2D eigenvalue weighted by atomic mass is 79.9. The van der Waals surface area contributed by atoms with Crippen LogP contribution in [0, 0.1) is 12.8 Å². The third-order valence-corrected chi connectivity index (χ3v) is 9.40. The van der Waals surface area contributed by atoms with Gasteiger partial charge in [0.1, 0.15) is 5.65 Å². The molecule has 0 unspecified atom stereocenters. The van der Waals surface area contributed by atoms with Crippen LogP contribution in [-0.4, -0.2) is 55.4 Å². The summed E-state index contributed by atoms with van der Waals surface area (Å²) in [5, 5.41) is 4.79. The number of aromatic nitrogens is 3. The highest BCUT2D eigenvalue weighted by molar-refractivity contribution is 9.10. The van der Waals surface area contributed by atoms with Crippen molar-refractivity contribution >= 4 is 33.4 Å². The molecule has 9 heteroatoms. The van der Waals surface area contributed by atoms with Gasteiger partial charge in [0, 0.05) is 46.4 Å². The summed E-state index contributed by atoms with van der Waals surface area (Å²) in [7, 11) is 1.78. The first-order valence-electron chi connectivity index (χ1n) is 14.2. The lowest BCUT2D eigenvalue weighted by Crippen LogP contribution is -2.46. The Hall–Kier alpha value is -3.72. The van der Waals surface area contributed by atoms with Crippen molar-refractivity contribution in [2.75, 3.05) is 13.6 Å². The van der Waals surface area contributed by atoms with E-state index in [4.69, 9.17) is 5.10 Å². The highest BCUT2D eigenvalue weighted by Gasteiger charge is 2.34. The average molecular weight is 617 g/mol. The summed E-state index contributed by atoms with van der Waals surface area (Å²) in [5.41, 5.74) is 6.03. The molecule has 3 heterocycles. The number of fused-ring (bicyclic) bond motifs is 3. The van der Waals surface area contributed by atoms with Crippen molar-refractivity contribution in [3.63, 3.8) is 0 Å². The molecule has 1 aliphatic heterocycles. The van der Waals surface area contributed by atoms with Gasteiger partial charge in [0.2, 0.25) is 0 Å². The predicted octanol–water partition coefficient (Wildman–Crippen LogP) is 5.19. The van der Waals surface area contributed by atoms with Gasteiger partial charge in [-0.05, 0) is 100 Å². The number of halogens is 1. The first kappa shape index (κ1) is 27.4. The van der Waals surface area contributed by atoms with Crippen LogP contribution in [0.2, 0.25) is 0 Å². The molecule has 1 atom stereocenters. The number of nitrogens with zero attached hydrogens (tertiary/aromatic N) is 5. The third-order valence-electron chi connectivity index (χ3n) is 8.51. The van der Waals surface area contributed by atoms with Gasteiger partial charge >= 0.3 is 0 Å². The lowest BCUT2D eigenvalue weighted by Gasteiger charge is -2.35. The number of rotatable bonds is 6. The number of hydrogen-bond acceptors (Lipinski definition) is 4. The van der Waals surface area contributed by atoms with E-state index in [1.54, 1.807) is 28.6 Å². The minimum absolute atomic E-state index is 0.0553. The number of aryl methyl sites for hydroxylation is 1. The summed E-state index contributed by atoms with van der Waals surface area (Å²) in [5.74, 6) is 0.491. The molecule has 0 bridgehead atoms. The van der Waals surface area contributed by atoms with Crippen LogP contribution in [0.5, 0.6) is 0 Å². The van der Waals surface area contributed by atoms with Gasteiger partial charge in [0.15, 0.2) is 0 Å². The van der Waals surface area contributed by atoms with Gasteiger partial charge < -0.3 is 9.80 Å². The number of carbonyl (C=O) groups is 2. The van der Waals surface area contributed by atoms with Crippen molar-refractivity contribution in [1.82, 2.24) is 24.0 Å². The molecule has 2 aromatic carbocycles. The molecule has 212 valence electrons. The summed E-state index contributed by atoms with van der Waals surface area (Å²) >= 11 is 3.52. The van der Waals surface area contributed by atoms with E-state index in [1.807, 2.05) is 66.7 Å². The van der Waals surface area contributed by atoms with Crippen molar-refractivity contribution in [3.05, 3.63) is 97.0 Å². The summed E-state index contributed by atoms with van der Waals surface area (Å²) in [4.78, 5) is 44.2. The maximum atomic E-state index is 14.3. The Balaban J connectivity index is 1.46. The normalized spacial score (nSPS) is 16.6. The standard InChI is InChI=1S/C32H34BrN5O3/c1-5-35(4)30(39)22-8-11-25(12-9-22)37-29-24(16-21-6-7-21)17-34-38(29)28-18-36(20(3)15-26(28)32(37)41)31(40)23-10-13-27(33)19(2)14-23/h8-14,17,20-21H,5-7,15-16,18H2,1-4H3/t20-/m1/s1. The SMILES string of the molecule is CCN(C)C(=O)c1ccc(-n2c(=O)c3c(n4ncc(CC5CC5)c24)CN(C(=O)c2ccc(Br)c(C)c2)[C@H](C)C3)cc1. The molecular weight excluding hydrogens is 582 g/mol. The third kappa shape index (κ3) is 4.90. The van der Waals surface area contributed by atoms with Gasteiger partial charge in [-0.3, -0.25) is 19.0 Å². The zero-order valence-corrected chi connectivity index (χ0v) is 25.4. The van der Waals surface area contributed by atoms with Crippen LogP contribution in [0.15, 0.2) is 57.9 Å². The smallest absolute Gasteiger partial charge is 0.261 e. The van der Waals surface area contributed by atoms with Crippen LogP contribution in [0.4, 0.5) is 0 Å². The number of benzene rings is 2. The molecule has 41 heavy (non-hydrogen) atoms. The van der Waals surface area contributed by atoms with Crippen molar-refractivity contribution in [2.24, 2.45) is 5.92 Å².